The lowest BCUT2D eigenvalue weighted by molar-refractivity contribution is 0.408. The van der Waals surface area contributed by atoms with Gasteiger partial charge in [-0.15, -0.1) is 0 Å². The number of aromatic hydroxyl groups is 2. The molecule has 0 aliphatic carbocycles. The lowest BCUT2D eigenvalue weighted by Gasteiger charge is -2.14. The third-order valence-corrected chi connectivity index (χ3v) is 5.34. The van der Waals surface area contributed by atoms with Crippen molar-refractivity contribution in [3.63, 3.8) is 0 Å². The molecule has 2 aromatic carbocycles. The quantitative estimate of drug-likeness (QED) is 0.344. The van der Waals surface area contributed by atoms with Crippen LogP contribution in [0.2, 0.25) is 0 Å². The van der Waals surface area contributed by atoms with E-state index in [2.05, 4.69) is 23.2 Å². The number of aromatic nitrogens is 3. The number of hydrogen-bond acceptors (Lipinski definition) is 5. The van der Waals surface area contributed by atoms with Crippen LogP contribution >= 0.6 is 12.2 Å². The third kappa shape index (κ3) is 4.29. The van der Waals surface area contributed by atoms with Gasteiger partial charge in [0, 0.05) is 6.07 Å². The Morgan fingerprint density at radius 1 is 1.07 bits per heavy atom. The number of benzene rings is 2. The van der Waals surface area contributed by atoms with Gasteiger partial charge < -0.3 is 14.9 Å². The summed E-state index contributed by atoms with van der Waals surface area (Å²) in [6, 6.07) is 9.01. The fourth-order valence-corrected chi connectivity index (χ4v) is 3.70. The lowest BCUT2D eigenvalue weighted by Crippen LogP contribution is -2.01. The van der Waals surface area contributed by atoms with Crippen LogP contribution < -0.4 is 4.74 Å². The van der Waals surface area contributed by atoms with Crippen molar-refractivity contribution >= 4 is 12.2 Å². The van der Waals surface area contributed by atoms with E-state index in [1.807, 2.05) is 19.1 Å². The normalized spacial score (nSPS) is 11.0. The minimum absolute atomic E-state index is 0.0494. The van der Waals surface area contributed by atoms with Gasteiger partial charge >= 0.3 is 0 Å². The van der Waals surface area contributed by atoms with Gasteiger partial charge in [0.25, 0.3) is 0 Å². The molecular weight excluding hydrogens is 386 g/mol. The molecule has 0 bridgehead atoms. The maximum atomic E-state index is 10.4. The predicted octanol–water partition coefficient (Wildman–Crippen LogP) is 5.31. The fraction of sp³-hybridized carbons (Fsp3) is 0.364. The molecule has 0 unspecified atom stereocenters. The average molecular weight is 414 g/mol. The van der Waals surface area contributed by atoms with Crippen molar-refractivity contribution in [3.8, 4) is 34.3 Å². The number of ether oxygens (including phenoxy) is 1. The van der Waals surface area contributed by atoms with Gasteiger partial charge in [-0.3, -0.25) is 9.67 Å². The van der Waals surface area contributed by atoms with E-state index in [1.165, 1.54) is 6.07 Å². The third-order valence-electron chi connectivity index (χ3n) is 5.06. The van der Waals surface area contributed by atoms with E-state index >= 15 is 0 Å². The van der Waals surface area contributed by atoms with Crippen molar-refractivity contribution in [2.75, 3.05) is 7.11 Å². The Bertz CT molecular complexity index is 1060. The van der Waals surface area contributed by atoms with Gasteiger partial charge in [-0.05, 0) is 66.9 Å². The summed E-state index contributed by atoms with van der Waals surface area (Å²) in [6.45, 7) is 4.12. The number of aryl methyl sites for hydroxylation is 2. The molecule has 0 saturated carbocycles. The van der Waals surface area contributed by atoms with Crippen LogP contribution in [0.25, 0.3) is 17.1 Å². The van der Waals surface area contributed by atoms with Crippen LogP contribution in [-0.2, 0) is 12.8 Å². The molecule has 3 rings (SSSR count). The number of phenols is 2. The van der Waals surface area contributed by atoms with E-state index in [0.29, 0.717) is 22.6 Å². The molecular formula is C22H27N3O3S. The molecule has 0 aliphatic rings. The highest BCUT2D eigenvalue weighted by molar-refractivity contribution is 7.71. The number of H-pyrrole nitrogens is 1. The summed E-state index contributed by atoms with van der Waals surface area (Å²) < 4.78 is 7.75. The monoisotopic (exact) mass is 413 g/mol. The first-order chi connectivity index (χ1) is 14.0. The van der Waals surface area contributed by atoms with Gasteiger partial charge in [-0.25, -0.2) is 0 Å². The summed E-state index contributed by atoms with van der Waals surface area (Å²) in [5.74, 6) is 1.36. The zero-order valence-electron chi connectivity index (χ0n) is 17.0. The highest BCUT2D eigenvalue weighted by atomic mass is 32.1. The second kappa shape index (κ2) is 9.13. The topological polar surface area (TPSA) is 83.3 Å². The zero-order valence-corrected chi connectivity index (χ0v) is 17.8. The van der Waals surface area contributed by atoms with Crippen LogP contribution in [0.5, 0.6) is 17.2 Å². The van der Waals surface area contributed by atoms with E-state index in [9.17, 15) is 10.2 Å². The van der Waals surface area contributed by atoms with E-state index in [4.69, 9.17) is 17.0 Å². The molecule has 6 nitrogen and oxygen atoms in total. The SMILES string of the molecule is CCCCCc1cc(-n2c(-c3cc(CC)c(O)cc3O)n[nH]c2=S)ccc1OC. The number of phenolic OH excluding ortho intramolecular Hbond substituents is 2. The van der Waals surface area contributed by atoms with E-state index in [-0.39, 0.29) is 11.5 Å². The van der Waals surface area contributed by atoms with Gasteiger partial charge in [0.05, 0.1) is 18.4 Å². The Balaban J connectivity index is 2.11. The Morgan fingerprint density at radius 2 is 1.86 bits per heavy atom. The van der Waals surface area contributed by atoms with Gasteiger partial charge in [-0.2, -0.15) is 5.10 Å². The Kier molecular flexibility index (Phi) is 6.59. The molecule has 29 heavy (non-hydrogen) atoms. The number of hydrogen-bond donors (Lipinski definition) is 3. The highest BCUT2D eigenvalue weighted by Gasteiger charge is 2.18. The van der Waals surface area contributed by atoms with Crippen LogP contribution in [0.1, 0.15) is 44.2 Å². The van der Waals surface area contributed by atoms with E-state index in [0.717, 1.165) is 48.2 Å². The van der Waals surface area contributed by atoms with E-state index < -0.39 is 0 Å². The number of methoxy groups -OCH3 is 1. The van der Waals surface area contributed by atoms with Crippen molar-refractivity contribution < 1.29 is 14.9 Å². The number of nitrogens with zero attached hydrogens (tertiary/aromatic N) is 2. The van der Waals surface area contributed by atoms with Crippen molar-refractivity contribution in [3.05, 3.63) is 46.2 Å². The second-order valence-electron chi connectivity index (χ2n) is 6.99. The largest absolute Gasteiger partial charge is 0.508 e. The summed E-state index contributed by atoms with van der Waals surface area (Å²) in [7, 11) is 1.67. The summed E-state index contributed by atoms with van der Waals surface area (Å²) in [6.07, 6.45) is 4.94. The molecule has 7 heteroatoms. The van der Waals surface area contributed by atoms with Gasteiger partial charge in [-0.1, -0.05) is 26.7 Å². The molecule has 0 amide bonds. The van der Waals surface area contributed by atoms with Crippen LogP contribution in [0, 0.1) is 4.77 Å². The maximum absolute atomic E-state index is 10.4. The average Bonchev–Trinajstić information content (AvgIpc) is 3.09. The molecule has 3 aromatic rings. The van der Waals surface area contributed by atoms with Crippen LogP contribution in [0.4, 0.5) is 0 Å². The molecule has 0 fully saturated rings. The first kappa shape index (κ1) is 20.9. The summed E-state index contributed by atoms with van der Waals surface area (Å²) in [4.78, 5) is 0. The molecule has 0 aliphatic heterocycles. The number of aromatic amines is 1. The van der Waals surface area contributed by atoms with Crippen molar-refractivity contribution in [2.24, 2.45) is 0 Å². The van der Waals surface area contributed by atoms with Gasteiger partial charge in [0.1, 0.15) is 17.2 Å². The number of nitrogens with one attached hydrogen (secondary N) is 1. The lowest BCUT2D eigenvalue weighted by atomic mass is 10.0. The molecule has 1 heterocycles. The minimum atomic E-state index is -0.0494. The Morgan fingerprint density at radius 3 is 2.55 bits per heavy atom. The Hall–Kier alpha value is -2.80. The first-order valence-corrected chi connectivity index (χ1v) is 10.3. The maximum Gasteiger partial charge on any atom is 0.200 e. The van der Waals surface area contributed by atoms with Crippen LogP contribution in [-0.4, -0.2) is 32.1 Å². The Labute approximate surface area is 175 Å². The standard InChI is InChI=1S/C22H27N3O3S/c1-4-6-7-8-15-11-16(9-10-20(15)28-3)25-21(23-24-22(25)29)17-12-14(5-2)18(26)13-19(17)27/h9-13,26-27H,4-8H2,1-3H3,(H,24,29). The minimum Gasteiger partial charge on any atom is -0.508 e. The number of unbranched alkanes of at least 4 members (excludes halogenated alkanes) is 2. The molecule has 0 saturated heterocycles. The summed E-state index contributed by atoms with van der Waals surface area (Å²) in [5.41, 5.74) is 3.19. The molecule has 3 N–H and O–H groups in total. The molecule has 0 spiro atoms. The highest BCUT2D eigenvalue weighted by Crippen LogP contribution is 2.36. The van der Waals surface area contributed by atoms with Gasteiger partial charge in [0.15, 0.2) is 10.6 Å². The second-order valence-corrected chi connectivity index (χ2v) is 7.38. The number of rotatable bonds is 8. The van der Waals surface area contributed by atoms with Crippen molar-refractivity contribution in [1.82, 2.24) is 14.8 Å². The van der Waals surface area contributed by atoms with E-state index in [1.54, 1.807) is 17.7 Å². The zero-order chi connectivity index (χ0) is 21.0. The first-order valence-electron chi connectivity index (χ1n) is 9.90. The predicted molar refractivity (Wildman–Crippen MR) is 117 cm³/mol. The molecule has 0 atom stereocenters. The van der Waals surface area contributed by atoms with Crippen LogP contribution in [0.3, 0.4) is 0 Å². The molecule has 154 valence electrons. The van der Waals surface area contributed by atoms with Crippen molar-refractivity contribution in [2.45, 2.75) is 46.0 Å². The van der Waals surface area contributed by atoms with Gasteiger partial charge in [0.2, 0.25) is 0 Å². The summed E-state index contributed by atoms with van der Waals surface area (Å²) in [5, 5.41) is 27.6. The van der Waals surface area contributed by atoms with Crippen molar-refractivity contribution in [1.29, 1.82) is 0 Å². The van der Waals surface area contributed by atoms with Crippen LogP contribution in [0.15, 0.2) is 30.3 Å². The fourth-order valence-electron chi connectivity index (χ4n) is 3.47. The smallest absolute Gasteiger partial charge is 0.200 e. The molecule has 1 aromatic heterocycles. The summed E-state index contributed by atoms with van der Waals surface area (Å²) >= 11 is 5.48. The molecule has 0 radical (unpaired) electrons.